The number of benzene rings is 1. The van der Waals surface area contributed by atoms with Crippen molar-refractivity contribution in [3.8, 4) is 0 Å². The third-order valence-electron chi connectivity index (χ3n) is 2.50. The van der Waals surface area contributed by atoms with E-state index in [-0.39, 0.29) is 6.04 Å². The minimum atomic E-state index is 0.224. The second kappa shape index (κ2) is 5.15. The molecule has 1 aromatic carbocycles. The smallest absolute Gasteiger partial charge is 0.105 e. The molecule has 0 fully saturated rings. The van der Waals surface area contributed by atoms with Crippen LogP contribution < -0.4 is 11.1 Å². The Kier molecular flexibility index (Phi) is 3.59. The van der Waals surface area contributed by atoms with Crippen LogP contribution in [0.3, 0.4) is 0 Å². The molecule has 0 aliphatic rings. The van der Waals surface area contributed by atoms with E-state index in [9.17, 15) is 0 Å². The normalized spacial score (nSPS) is 12.4. The second-order valence-corrected chi connectivity index (χ2v) is 4.50. The Labute approximate surface area is 106 Å². The number of hydrogen-bond donors (Lipinski definition) is 2. The van der Waals surface area contributed by atoms with Crippen molar-refractivity contribution in [2.75, 3.05) is 11.1 Å². The monoisotopic (exact) mass is 250 g/mol. The van der Waals surface area contributed by atoms with Crippen LogP contribution in [0.15, 0.2) is 41.0 Å². The molecule has 0 bridgehead atoms. The van der Waals surface area contributed by atoms with Crippen LogP contribution in [0.1, 0.15) is 12.7 Å². The molecule has 0 aliphatic heterocycles. The standard InChI is InChI=1S/C13H15ClN2O/c1-9(7-11-3-2-6-17-11)16-13-8-10(14)4-5-12(13)15/h2-6,8-9,16H,7,15H2,1H3. The fraction of sp³-hybridized carbons (Fsp3) is 0.231. The molecule has 0 saturated carbocycles. The average Bonchev–Trinajstić information content (AvgIpc) is 2.76. The first kappa shape index (κ1) is 11.9. The first-order chi connectivity index (χ1) is 8.15. The van der Waals surface area contributed by atoms with E-state index in [1.807, 2.05) is 18.2 Å². The number of rotatable bonds is 4. The lowest BCUT2D eigenvalue weighted by atomic mass is 10.1. The summed E-state index contributed by atoms with van der Waals surface area (Å²) in [6, 6.07) is 9.47. The molecular weight excluding hydrogens is 236 g/mol. The van der Waals surface area contributed by atoms with Gasteiger partial charge in [-0.05, 0) is 37.3 Å². The molecule has 1 unspecified atom stereocenters. The van der Waals surface area contributed by atoms with E-state index < -0.39 is 0 Å². The molecule has 0 radical (unpaired) electrons. The number of anilines is 2. The zero-order valence-electron chi connectivity index (χ0n) is 9.61. The van der Waals surface area contributed by atoms with Crippen molar-refractivity contribution in [3.05, 3.63) is 47.4 Å². The number of nitrogens with two attached hydrogens (primary N) is 1. The Morgan fingerprint density at radius 2 is 2.24 bits per heavy atom. The fourth-order valence-electron chi connectivity index (χ4n) is 1.70. The lowest BCUT2D eigenvalue weighted by Crippen LogP contribution is -2.18. The van der Waals surface area contributed by atoms with Gasteiger partial charge in [-0.25, -0.2) is 0 Å². The zero-order chi connectivity index (χ0) is 12.3. The summed E-state index contributed by atoms with van der Waals surface area (Å²) in [4.78, 5) is 0. The Morgan fingerprint density at radius 1 is 1.41 bits per heavy atom. The Bertz CT molecular complexity index is 482. The molecule has 90 valence electrons. The summed E-state index contributed by atoms with van der Waals surface area (Å²) in [5.41, 5.74) is 7.42. The summed E-state index contributed by atoms with van der Waals surface area (Å²) < 4.78 is 5.30. The summed E-state index contributed by atoms with van der Waals surface area (Å²) in [6.45, 7) is 2.07. The molecule has 1 heterocycles. The first-order valence-corrected chi connectivity index (χ1v) is 5.87. The predicted octanol–water partition coefficient (Wildman–Crippen LogP) is 3.56. The van der Waals surface area contributed by atoms with Crippen LogP contribution in [0, 0.1) is 0 Å². The van der Waals surface area contributed by atoms with Gasteiger partial charge in [0.1, 0.15) is 5.76 Å². The Balaban J connectivity index is 2.02. The van der Waals surface area contributed by atoms with Crippen molar-refractivity contribution < 1.29 is 4.42 Å². The van der Waals surface area contributed by atoms with E-state index in [0.29, 0.717) is 10.7 Å². The van der Waals surface area contributed by atoms with Crippen LogP contribution >= 0.6 is 11.6 Å². The van der Waals surface area contributed by atoms with Gasteiger partial charge in [-0.3, -0.25) is 0 Å². The second-order valence-electron chi connectivity index (χ2n) is 4.06. The molecule has 3 nitrogen and oxygen atoms in total. The van der Waals surface area contributed by atoms with Gasteiger partial charge in [-0.2, -0.15) is 0 Å². The van der Waals surface area contributed by atoms with Crippen molar-refractivity contribution in [1.82, 2.24) is 0 Å². The molecule has 17 heavy (non-hydrogen) atoms. The number of nitrogens with one attached hydrogen (secondary N) is 1. The molecule has 1 aromatic heterocycles. The van der Waals surface area contributed by atoms with Gasteiger partial charge in [0, 0.05) is 17.5 Å². The summed E-state index contributed by atoms with van der Waals surface area (Å²) in [7, 11) is 0. The maximum atomic E-state index is 5.93. The molecule has 0 amide bonds. The lowest BCUT2D eigenvalue weighted by Gasteiger charge is -2.16. The van der Waals surface area contributed by atoms with Gasteiger partial charge in [0.05, 0.1) is 17.6 Å². The van der Waals surface area contributed by atoms with Crippen LogP contribution in [-0.4, -0.2) is 6.04 Å². The summed E-state index contributed by atoms with van der Waals surface area (Å²) in [5.74, 6) is 0.950. The number of nitrogen functional groups attached to an aromatic ring is 1. The minimum Gasteiger partial charge on any atom is -0.469 e. The van der Waals surface area contributed by atoms with Crippen molar-refractivity contribution in [1.29, 1.82) is 0 Å². The molecular formula is C13H15ClN2O. The van der Waals surface area contributed by atoms with E-state index >= 15 is 0 Å². The van der Waals surface area contributed by atoms with Crippen molar-refractivity contribution in [2.24, 2.45) is 0 Å². The van der Waals surface area contributed by atoms with E-state index in [4.69, 9.17) is 21.8 Å². The highest BCUT2D eigenvalue weighted by Gasteiger charge is 2.07. The number of halogens is 1. The number of hydrogen-bond acceptors (Lipinski definition) is 3. The predicted molar refractivity (Wildman–Crippen MR) is 71.4 cm³/mol. The fourth-order valence-corrected chi connectivity index (χ4v) is 1.87. The Hall–Kier alpha value is -1.61. The molecule has 3 N–H and O–H groups in total. The summed E-state index contributed by atoms with van der Waals surface area (Å²) in [5, 5.41) is 3.99. The lowest BCUT2D eigenvalue weighted by molar-refractivity contribution is 0.498. The molecule has 4 heteroatoms. The summed E-state index contributed by atoms with van der Waals surface area (Å²) in [6.07, 6.45) is 2.48. The topological polar surface area (TPSA) is 51.2 Å². The maximum Gasteiger partial charge on any atom is 0.105 e. The first-order valence-electron chi connectivity index (χ1n) is 5.49. The van der Waals surface area contributed by atoms with Crippen molar-refractivity contribution in [3.63, 3.8) is 0 Å². The molecule has 1 atom stereocenters. The van der Waals surface area contributed by atoms with Gasteiger partial charge in [0.2, 0.25) is 0 Å². The van der Waals surface area contributed by atoms with Crippen LogP contribution in [-0.2, 0) is 6.42 Å². The van der Waals surface area contributed by atoms with Gasteiger partial charge >= 0.3 is 0 Å². The number of furan rings is 1. The molecule has 2 rings (SSSR count). The average molecular weight is 251 g/mol. The third-order valence-corrected chi connectivity index (χ3v) is 2.74. The SMILES string of the molecule is CC(Cc1ccco1)Nc1cc(Cl)ccc1N. The van der Waals surface area contributed by atoms with Crippen molar-refractivity contribution >= 4 is 23.0 Å². The van der Waals surface area contributed by atoms with Gasteiger partial charge < -0.3 is 15.5 Å². The zero-order valence-corrected chi connectivity index (χ0v) is 10.4. The van der Waals surface area contributed by atoms with Crippen LogP contribution in [0.5, 0.6) is 0 Å². The molecule has 2 aromatic rings. The van der Waals surface area contributed by atoms with Crippen molar-refractivity contribution in [2.45, 2.75) is 19.4 Å². The molecule has 0 spiro atoms. The maximum absolute atomic E-state index is 5.93. The summed E-state index contributed by atoms with van der Waals surface area (Å²) >= 11 is 5.93. The Morgan fingerprint density at radius 3 is 2.94 bits per heavy atom. The van der Waals surface area contributed by atoms with Gasteiger partial charge in [-0.1, -0.05) is 11.6 Å². The van der Waals surface area contributed by atoms with Crippen LogP contribution in [0.4, 0.5) is 11.4 Å². The van der Waals surface area contributed by atoms with E-state index in [0.717, 1.165) is 17.9 Å². The molecule has 0 saturated heterocycles. The van der Waals surface area contributed by atoms with Crippen LogP contribution in [0.25, 0.3) is 0 Å². The van der Waals surface area contributed by atoms with E-state index in [2.05, 4.69) is 12.2 Å². The minimum absolute atomic E-state index is 0.224. The quantitative estimate of drug-likeness (QED) is 0.816. The highest BCUT2D eigenvalue weighted by Crippen LogP contribution is 2.24. The largest absolute Gasteiger partial charge is 0.469 e. The van der Waals surface area contributed by atoms with E-state index in [1.165, 1.54) is 0 Å². The highest BCUT2D eigenvalue weighted by atomic mass is 35.5. The van der Waals surface area contributed by atoms with E-state index in [1.54, 1.807) is 18.4 Å². The highest BCUT2D eigenvalue weighted by molar-refractivity contribution is 6.31. The molecule has 0 aliphatic carbocycles. The third kappa shape index (κ3) is 3.17. The van der Waals surface area contributed by atoms with Gasteiger partial charge in [0.25, 0.3) is 0 Å². The van der Waals surface area contributed by atoms with Gasteiger partial charge in [0.15, 0.2) is 0 Å². The van der Waals surface area contributed by atoms with Gasteiger partial charge in [-0.15, -0.1) is 0 Å². The van der Waals surface area contributed by atoms with Crippen LogP contribution in [0.2, 0.25) is 5.02 Å².